The van der Waals surface area contributed by atoms with Crippen LogP contribution in [0.2, 0.25) is 0 Å². The fourth-order valence-corrected chi connectivity index (χ4v) is 4.16. The van der Waals surface area contributed by atoms with Crippen molar-refractivity contribution in [2.24, 2.45) is 0 Å². The maximum absolute atomic E-state index is 12.3. The third kappa shape index (κ3) is 6.47. The van der Waals surface area contributed by atoms with Gasteiger partial charge in [0.25, 0.3) is 0 Å². The molecule has 0 radical (unpaired) electrons. The third-order valence-corrected chi connectivity index (χ3v) is 5.42. The normalized spacial score (nSPS) is 16.6. The van der Waals surface area contributed by atoms with Crippen molar-refractivity contribution in [3.8, 4) is 5.75 Å². The first-order chi connectivity index (χ1) is 14.2. The van der Waals surface area contributed by atoms with E-state index in [0.717, 1.165) is 33.3 Å². The lowest BCUT2D eigenvalue weighted by atomic mass is 10.1. The molecular formula is C24H31BrN2O3. The molecule has 6 heteroatoms. The standard InChI is InChI=1S/C24H31BrN2O3/c1-17-12-20(25)13-19(22(17)29-16-18-8-6-5-7-9-18)14-26-21-10-11-27(15-21)23(28)30-24(2,3)4/h5-9,12-13,21,26H,10-11,14-16H2,1-4H3. The van der Waals surface area contributed by atoms with Crippen LogP contribution in [-0.2, 0) is 17.9 Å². The molecule has 5 nitrogen and oxygen atoms in total. The first-order valence-electron chi connectivity index (χ1n) is 10.4. The van der Waals surface area contributed by atoms with E-state index in [1.54, 1.807) is 4.90 Å². The van der Waals surface area contributed by atoms with E-state index in [-0.39, 0.29) is 12.1 Å². The van der Waals surface area contributed by atoms with Crippen LogP contribution in [0, 0.1) is 6.92 Å². The Morgan fingerprint density at radius 3 is 2.67 bits per heavy atom. The Morgan fingerprint density at radius 1 is 1.23 bits per heavy atom. The van der Waals surface area contributed by atoms with Gasteiger partial charge in [0.05, 0.1) is 0 Å². The first-order valence-corrected chi connectivity index (χ1v) is 11.2. The molecule has 0 aliphatic carbocycles. The summed E-state index contributed by atoms with van der Waals surface area (Å²) in [5, 5.41) is 3.59. The molecule has 0 aromatic heterocycles. The number of likely N-dealkylation sites (tertiary alicyclic amines) is 1. The zero-order valence-corrected chi connectivity index (χ0v) is 19.8. The van der Waals surface area contributed by atoms with Crippen molar-refractivity contribution in [2.45, 2.75) is 58.9 Å². The molecule has 1 aliphatic rings. The van der Waals surface area contributed by atoms with Gasteiger partial charge in [0.1, 0.15) is 18.0 Å². The number of aryl methyl sites for hydroxylation is 1. The molecule has 30 heavy (non-hydrogen) atoms. The van der Waals surface area contributed by atoms with E-state index in [0.29, 0.717) is 26.2 Å². The van der Waals surface area contributed by atoms with Gasteiger partial charge in [0.15, 0.2) is 0 Å². The number of ether oxygens (including phenoxy) is 2. The molecule has 1 saturated heterocycles. The van der Waals surface area contributed by atoms with Gasteiger partial charge in [-0.25, -0.2) is 4.79 Å². The minimum atomic E-state index is -0.471. The summed E-state index contributed by atoms with van der Waals surface area (Å²) in [6.45, 7) is 10.3. The minimum absolute atomic E-state index is 0.235. The van der Waals surface area contributed by atoms with Gasteiger partial charge >= 0.3 is 6.09 Å². The lowest BCUT2D eigenvalue weighted by molar-refractivity contribution is 0.0291. The maximum atomic E-state index is 12.3. The predicted molar refractivity (Wildman–Crippen MR) is 123 cm³/mol. The Bertz CT molecular complexity index is 865. The Hall–Kier alpha value is -2.05. The predicted octanol–water partition coefficient (Wildman–Crippen LogP) is 5.44. The molecule has 0 saturated carbocycles. The van der Waals surface area contributed by atoms with Crippen LogP contribution in [0.1, 0.15) is 43.9 Å². The molecule has 1 aliphatic heterocycles. The molecule has 2 aromatic rings. The fourth-order valence-electron chi connectivity index (χ4n) is 3.54. The van der Waals surface area contributed by atoms with E-state index in [1.807, 2.05) is 39.0 Å². The number of amides is 1. The summed E-state index contributed by atoms with van der Waals surface area (Å²) >= 11 is 3.60. The van der Waals surface area contributed by atoms with Gasteiger partial charge < -0.3 is 19.7 Å². The SMILES string of the molecule is Cc1cc(Br)cc(CNC2CCN(C(=O)OC(C)(C)C)C2)c1OCc1ccccc1. The maximum Gasteiger partial charge on any atom is 0.410 e. The highest BCUT2D eigenvalue weighted by molar-refractivity contribution is 9.10. The first kappa shape index (κ1) is 22.6. The van der Waals surface area contributed by atoms with Gasteiger partial charge in [0, 0.05) is 35.7 Å². The van der Waals surface area contributed by atoms with Gasteiger partial charge in [-0.05, 0) is 57.4 Å². The van der Waals surface area contributed by atoms with E-state index in [1.165, 1.54) is 0 Å². The number of hydrogen-bond donors (Lipinski definition) is 1. The van der Waals surface area contributed by atoms with Crippen LogP contribution >= 0.6 is 15.9 Å². The summed E-state index contributed by atoms with van der Waals surface area (Å²) < 4.78 is 12.7. The summed E-state index contributed by atoms with van der Waals surface area (Å²) in [5.41, 5.74) is 2.87. The monoisotopic (exact) mass is 474 g/mol. The zero-order chi connectivity index (χ0) is 21.7. The lowest BCUT2D eigenvalue weighted by Gasteiger charge is -2.24. The summed E-state index contributed by atoms with van der Waals surface area (Å²) in [6, 6.07) is 14.6. The molecule has 1 heterocycles. The highest BCUT2D eigenvalue weighted by atomic mass is 79.9. The van der Waals surface area contributed by atoms with Crippen LogP contribution in [0.3, 0.4) is 0 Å². The molecule has 1 fully saturated rings. The minimum Gasteiger partial charge on any atom is -0.488 e. The van der Waals surface area contributed by atoms with Crippen molar-refractivity contribution in [1.29, 1.82) is 0 Å². The van der Waals surface area contributed by atoms with Crippen LogP contribution in [0.4, 0.5) is 4.79 Å². The van der Waals surface area contributed by atoms with E-state index < -0.39 is 5.60 Å². The van der Waals surface area contributed by atoms with Crippen LogP contribution in [-0.4, -0.2) is 35.7 Å². The summed E-state index contributed by atoms with van der Waals surface area (Å²) in [7, 11) is 0. The molecule has 3 rings (SSSR count). The van der Waals surface area contributed by atoms with Crippen molar-refractivity contribution >= 4 is 22.0 Å². The highest BCUT2D eigenvalue weighted by Gasteiger charge is 2.29. The molecule has 1 N–H and O–H groups in total. The second-order valence-corrected chi connectivity index (χ2v) is 9.69. The van der Waals surface area contributed by atoms with Gasteiger partial charge in [-0.2, -0.15) is 0 Å². The number of carbonyl (C=O) groups is 1. The second kappa shape index (κ2) is 9.84. The van der Waals surface area contributed by atoms with Crippen molar-refractivity contribution in [3.63, 3.8) is 0 Å². The van der Waals surface area contributed by atoms with E-state index in [9.17, 15) is 4.79 Å². The number of nitrogens with one attached hydrogen (secondary N) is 1. The summed E-state index contributed by atoms with van der Waals surface area (Å²) in [6.07, 6.45) is 0.670. The van der Waals surface area contributed by atoms with Crippen LogP contribution in [0.25, 0.3) is 0 Å². The number of hydrogen-bond acceptors (Lipinski definition) is 4. The molecule has 1 amide bonds. The molecule has 1 atom stereocenters. The molecule has 162 valence electrons. The van der Waals surface area contributed by atoms with E-state index >= 15 is 0 Å². The van der Waals surface area contributed by atoms with Gasteiger partial charge in [0.2, 0.25) is 0 Å². The van der Waals surface area contributed by atoms with Crippen molar-refractivity contribution in [1.82, 2.24) is 10.2 Å². The zero-order valence-electron chi connectivity index (χ0n) is 18.2. The number of nitrogens with zero attached hydrogens (tertiary/aromatic N) is 1. The van der Waals surface area contributed by atoms with Crippen LogP contribution in [0.15, 0.2) is 46.9 Å². The number of rotatable bonds is 6. The van der Waals surface area contributed by atoms with Crippen molar-refractivity contribution < 1.29 is 14.3 Å². The molecule has 2 aromatic carbocycles. The Morgan fingerprint density at radius 2 is 1.97 bits per heavy atom. The van der Waals surface area contributed by atoms with E-state index in [4.69, 9.17) is 9.47 Å². The largest absolute Gasteiger partial charge is 0.488 e. The summed E-state index contributed by atoms with van der Waals surface area (Å²) in [4.78, 5) is 14.1. The summed E-state index contributed by atoms with van der Waals surface area (Å²) in [5.74, 6) is 0.913. The lowest BCUT2D eigenvalue weighted by Crippen LogP contribution is -2.38. The van der Waals surface area contributed by atoms with Gasteiger partial charge in [-0.3, -0.25) is 0 Å². The average Bonchev–Trinajstić information content (AvgIpc) is 3.14. The van der Waals surface area contributed by atoms with Crippen LogP contribution < -0.4 is 10.1 Å². The van der Waals surface area contributed by atoms with Crippen molar-refractivity contribution in [3.05, 3.63) is 63.6 Å². The Balaban J connectivity index is 1.60. The number of halogens is 1. The highest BCUT2D eigenvalue weighted by Crippen LogP contribution is 2.29. The second-order valence-electron chi connectivity index (χ2n) is 8.78. The average molecular weight is 475 g/mol. The molecule has 0 bridgehead atoms. The Kier molecular flexibility index (Phi) is 7.42. The third-order valence-electron chi connectivity index (χ3n) is 4.96. The Labute approximate surface area is 187 Å². The number of benzene rings is 2. The number of carbonyl (C=O) groups excluding carboxylic acids is 1. The van der Waals surface area contributed by atoms with E-state index in [2.05, 4.69) is 52.4 Å². The van der Waals surface area contributed by atoms with Gasteiger partial charge in [-0.1, -0.05) is 46.3 Å². The smallest absolute Gasteiger partial charge is 0.410 e. The van der Waals surface area contributed by atoms with Crippen molar-refractivity contribution in [2.75, 3.05) is 13.1 Å². The molecular weight excluding hydrogens is 444 g/mol. The van der Waals surface area contributed by atoms with Gasteiger partial charge in [-0.15, -0.1) is 0 Å². The molecule has 1 unspecified atom stereocenters. The molecule has 0 spiro atoms. The van der Waals surface area contributed by atoms with Crippen LogP contribution in [0.5, 0.6) is 5.75 Å². The topological polar surface area (TPSA) is 50.8 Å². The fraction of sp³-hybridized carbons (Fsp3) is 0.458. The quantitative estimate of drug-likeness (QED) is 0.605.